The predicted molar refractivity (Wildman–Crippen MR) is 260 cm³/mol. The SMILES string of the molecule is NCCCO[C@H]1[C@H]2OCCCC3[C@@H](CO)OC(OC4[C@@H](CO)OC(OC5[C@@H](CO)OC(OC6[C@@H](CO)OC(OC7[C@@H](CO)OC(OC8[C@@H](CO)OC(OC([C@@H](CO)O2)[C@@H]1O)[C@H](O)[C@H]8O)[C@H](O)[C@H]7O)[C@H](O)[C@H]6O)[C@H](O)[C@H]5O)[C@H](O)[C@H]4O)[C@H](O)[C@H]3O. The minimum atomic E-state index is -2.21. The summed E-state index contributed by atoms with van der Waals surface area (Å²) in [4.78, 5) is 0. The van der Waals surface area contributed by atoms with Crippen molar-refractivity contribution in [2.75, 3.05) is 66.0 Å². The van der Waals surface area contributed by atoms with Gasteiger partial charge in [0.2, 0.25) is 0 Å². The fraction of sp³-hybridized carbons (Fsp3) is 1.00. The average molecular weight is 1230 g/mol. The second-order valence-corrected chi connectivity index (χ2v) is 21.7. The number of aliphatic hydroxyl groups excluding tert-OH is 20. The van der Waals surface area contributed by atoms with Gasteiger partial charge in [0.1, 0.15) is 153 Å². The quantitative estimate of drug-likeness (QED) is 0.0854. The standard InChI is InChI=1S/C48H83NO35/c49-4-2-6-70-41-34(69)40-21(13-56)78-48(41)71-5-1-3-14-15(7-50)72-42(28(63)22(14)57)79-35-16(8-51)73-43(29(64)23(35)58)80-36-17(9-52)74-44(30(65)24(36)59)81-37-18(10-53)75-45(31(66)25(37)60)82-38-19(11-54)76-46(32(67)26(38)61)83-39-20(12-55)77-47(84-40)33(68)27(39)62/h14-48,50-69H,1-13,49H2/t14?,15-,16-,17-,18-,19-,20-,21-,22+,23-,24-,25-,26-,27-,28-,29-,30-,31-,32-,33-,34+,35?,36?,37?,38?,39?,40?,41-,42?,43?,44?,45?,46?,47?,48+/m1/s1. The highest BCUT2D eigenvalue weighted by atomic mass is 16.8. The topological polar surface area (TPSA) is 569 Å². The lowest BCUT2D eigenvalue weighted by Gasteiger charge is -2.50. The summed E-state index contributed by atoms with van der Waals surface area (Å²) in [6.07, 6.45) is -63.5. The van der Waals surface area contributed by atoms with Gasteiger partial charge in [-0.15, -0.1) is 0 Å². The Hall–Kier alpha value is -1.44. The zero-order valence-electron chi connectivity index (χ0n) is 45.0. The fourth-order valence-electron chi connectivity index (χ4n) is 11.6. The maximum Gasteiger partial charge on any atom is 0.187 e. The number of hydrogen-bond donors (Lipinski definition) is 21. The molecule has 0 aromatic heterocycles. The molecule has 35 atom stereocenters. The Morgan fingerprint density at radius 3 is 0.857 bits per heavy atom. The molecule has 22 aliphatic heterocycles. The Kier molecular flexibility index (Phi) is 24.9. The summed E-state index contributed by atoms with van der Waals surface area (Å²) in [7, 11) is 0. The molecule has 22 fully saturated rings. The zero-order chi connectivity index (χ0) is 61.0. The zero-order valence-corrected chi connectivity index (χ0v) is 45.0. The molecule has 36 heteroatoms. The number of hydrogen-bond acceptors (Lipinski definition) is 36. The third-order valence-electron chi connectivity index (χ3n) is 16.3. The molecule has 0 aromatic rings. The van der Waals surface area contributed by atoms with Gasteiger partial charge in [-0.1, -0.05) is 0 Å². The monoisotopic (exact) mass is 1230 g/mol. The molecule has 22 heterocycles. The van der Waals surface area contributed by atoms with Gasteiger partial charge in [-0.25, -0.2) is 0 Å². The van der Waals surface area contributed by atoms with Crippen LogP contribution in [0.4, 0.5) is 0 Å². The molecule has 13 unspecified atom stereocenters. The summed E-state index contributed by atoms with van der Waals surface area (Å²) in [5, 5.41) is 221. The lowest BCUT2D eigenvalue weighted by atomic mass is 9.85. The summed E-state index contributed by atoms with van der Waals surface area (Å²) < 4.78 is 87.2. The Balaban J connectivity index is 1.05. The van der Waals surface area contributed by atoms with E-state index in [4.69, 9.17) is 76.8 Å². The van der Waals surface area contributed by atoms with E-state index in [1.807, 2.05) is 0 Å². The van der Waals surface area contributed by atoms with Crippen molar-refractivity contribution in [1.82, 2.24) is 0 Å². The number of rotatable bonds is 11. The van der Waals surface area contributed by atoms with E-state index in [1.165, 1.54) is 0 Å². The average Bonchev–Trinajstić information content (AvgIpc) is 2.32. The van der Waals surface area contributed by atoms with Crippen molar-refractivity contribution in [3.63, 3.8) is 0 Å². The molecule has 0 spiro atoms. The van der Waals surface area contributed by atoms with Gasteiger partial charge in [0.25, 0.3) is 0 Å². The van der Waals surface area contributed by atoms with E-state index in [9.17, 15) is 102 Å². The van der Waals surface area contributed by atoms with Gasteiger partial charge in [0.05, 0.1) is 58.5 Å². The van der Waals surface area contributed by atoms with Crippen LogP contribution in [0.3, 0.4) is 0 Å². The minimum absolute atomic E-state index is 0.0308. The summed E-state index contributed by atoms with van der Waals surface area (Å²) in [5.41, 5.74) is 5.68. The van der Waals surface area contributed by atoms with Gasteiger partial charge >= 0.3 is 0 Å². The van der Waals surface area contributed by atoms with Crippen LogP contribution in [0, 0.1) is 5.92 Å². The second kappa shape index (κ2) is 30.6. The van der Waals surface area contributed by atoms with Crippen molar-refractivity contribution in [2.45, 2.75) is 228 Å². The van der Waals surface area contributed by atoms with E-state index in [0.29, 0.717) is 0 Å². The van der Waals surface area contributed by atoms with Crippen LogP contribution in [0.5, 0.6) is 0 Å². The summed E-state index contributed by atoms with van der Waals surface area (Å²) >= 11 is 0. The molecule has 0 aliphatic carbocycles. The summed E-state index contributed by atoms with van der Waals surface area (Å²) in [5.74, 6) is -1.04. The first-order valence-electron chi connectivity index (χ1n) is 27.8. The van der Waals surface area contributed by atoms with Gasteiger partial charge in [0, 0.05) is 19.1 Å². The summed E-state index contributed by atoms with van der Waals surface area (Å²) in [6.45, 7) is -6.87. The predicted octanol–water partition coefficient (Wildman–Crippen LogP) is -13.8. The highest BCUT2D eigenvalue weighted by molar-refractivity contribution is 5.01. The van der Waals surface area contributed by atoms with Crippen molar-refractivity contribution >= 4 is 0 Å². The molecule has 36 nitrogen and oxygen atoms in total. The number of nitrogens with two attached hydrogens (primary N) is 1. The maximum absolute atomic E-state index is 11.8. The van der Waals surface area contributed by atoms with E-state index < -0.39 is 261 Å². The lowest BCUT2D eigenvalue weighted by Crippen LogP contribution is -2.68. The van der Waals surface area contributed by atoms with E-state index in [1.54, 1.807) is 0 Å². The van der Waals surface area contributed by atoms with Crippen LogP contribution >= 0.6 is 0 Å². The first-order valence-corrected chi connectivity index (χ1v) is 27.8. The van der Waals surface area contributed by atoms with Crippen molar-refractivity contribution in [2.24, 2.45) is 11.7 Å². The Bertz CT molecular complexity index is 1950. The van der Waals surface area contributed by atoms with Crippen LogP contribution < -0.4 is 5.73 Å². The maximum atomic E-state index is 11.8. The van der Waals surface area contributed by atoms with Crippen molar-refractivity contribution < 1.29 is 173 Å². The molecule has 84 heavy (non-hydrogen) atoms. The van der Waals surface area contributed by atoms with Crippen molar-refractivity contribution in [3.05, 3.63) is 0 Å². The fourth-order valence-corrected chi connectivity index (χ4v) is 11.6. The molecule has 22 saturated heterocycles. The first kappa shape index (κ1) is 68.5. The number of fused-ring (bicyclic) bond motifs is 1. The molecular weight excluding hydrogens is 1150 g/mol. The second-order valence-electron chi connectivity index (χ2n) is 21.7. The number of ether oxygens (including phenoxy) is 15. The van der Waals surface area contributed by atoms with E-state index in [0.717, 1.165) is 0 Å². The highest BCUT2D eigenvalue weighted by Crippen LogP contribution is 2.39. The van der Waals surface area contributed by atoms with Gasteiger partial charge in [-0.3, -0.25) is 0 Å². The smallest absolute Gasteiger partial charge is 0.187 e. The van der Waals surface area contributed by atoms with Gasteiger partial charge in [-0.05, 0) is 25.8 Å². The first-order chi connectivity index (χ1) is 40.2. The van der Waals surface area contributed by atoms with Gasteiger partial charge in [-0.2, -0.15) is 0 Å². The molecule has 14 bridgehead atoms. The molecule has 22 N–H and O–H groups in total. The van der Waals surface area contributed by atoms with Gasteiger partial charge in [0.15, 0.2) is 44.0 Å². The summed E-state index contributed by atoms with van der Waals surface area (Å²) in [6, 6.07) is 0. The Labute approximate surface area is 478 Å². The molecule has 22 aliphatic rings. The molecular formula is C48H83NO35. The molecule has 0 radical (unpaired) electrons. The lowest BCUT2D eigenvalue weighted by molar-refractivity contribution is -0.398. The Morgan fingerprint density at radius 2 is 0.571 bits per heavy atom. The normalized spacial score (nSPS) is 52.2. The van der Waals surface area contributed by atoms with Crippen LogP contribution in [0.15, 0.2) is 0 Å². The third-order valence-corrected chi connectivity index (χ3v) is 16.3. The van der Waals surface area contributed by atoms with Crippen molar-refractivity contribution in [1.29, 1.82) is 0 Å². The number of aliphatic hydroxyl groups is 20. The Morgan fingerprint density at radius 1 is 0.310 bits per heavy atom. The molecule has 490 valence electrons. The highest BCUT2D eigenvalue weighted by Gasteiger charge is 2.59. The van der Waals surface area contributed by atoms with Crippen molar-refractivity contribution in [3.8, 4) is 0 Å². The van der Waals surface area contributed by atoms with E-state index >= 15 is 0 Å². The molecule has 0 aromatic carbocycles. The van der Waals surface area contributed by atoms with Crippen LogP contribution in [0.1, 0.15) is 19.3 Å². The van der Waals surface area contributed by atoms with Crippen LogP contribution in [0.2, 0.25) is 0 Å². The largest absolute Gasteiger partial charge is 0.394 e. The van der Waals surface area contributed by atoms with Crippen LogP contribution in [-0.4, -0.2) is 377 Å². The molecule has 22 rings (SSSR count). The minimum Gasteiger partial charge on any atom is -0.394 e. The van der Waals surface area contributed by atoms with Crippen LogP contribution in [0.25, 0.3) is 0 Å². The van der Waals surface area contributed by atoms with E-state index in [-0.39, 0.29) is 39.0 Å². The molecule has 0 saturated carbocycles. The molecule has 0 amide bonds. The third kappa shape index (κ3) is 14.3. The van der Waals surface area contributed by atoms with E-state index in [2.05, 4.69) is 0 Å². The van der Waals surface area contributed by atoms with Crippen LogP contribution in [-0.2, 0) is 71.1 Å². The van der Waals surface area contributed by atoms with Gasteiger partial charge < -0.3 is 179 Å².